The van der Waals surface area contributed by atoms with Crippen molar-refractivity contribution in [1.29, 1.82) is 0 Å². The molecule has 102 valence electrons. The van der Waals surface area contributed by atoms with E-state index in [0.29, 0.717) is 11.8 Å². The van der Waals surface area contributed by atoms with E-state index in [1.165, 1.54) is 0 Å². The summed E-state index contributed by atoms with van der Waals surface area (Å²) < 4.78 is 5.58. The molecule has 0 radical (unpaired) electrons. The van der Waals surface area contributed by atoms with Crippen LogP contribution in [0.3, 0.4) is 0 Å². The predicted octanol–water partition coefficient (Wildman–Crippen LogP) is 2.29. The molecular weight excluding hydrogens is 242 g/mol. The minimum absolute atomic E-state index is 0.240. The molecule has 2 rings (SSSR count). The maximum atomic E-state index is 9.67. The highest BCUT2D eigenvalue weighted by molar-refractivity contribution is 5.57. The molecule has 0 atom stereocenters. The molecule has 0 saturated carbocycles. The predicted molar refractivity (Wildman–Crippen MR) is 73.0 cm³/mol. The first kappa shape index (κ1) is 13.5. The van der Waals surface area contributed by atoms with Crippen LogP contribution in [0.25, 0.3) is 11.5 Å². The van der Waals surface area contributed by atoms with Crippen LogP contribution in [0.2, 0.25) is 0 Å². The molecule has 5 heteroatoms. The summed E-state index contributed by atoms with van der Waals surface area (Å²) in [6.07, 6.45) is 1.73. The Morgan fingerprint density at radius 1 is 1.32 bits per heavy atom. The molecule has 5 nitrogen and oxygen atoms in total. The maximum absolute atomic E-state index is 9.67. The van der Waals surface area contributed by atoms with E-state index >= 15 is 0 Å². The SMILES string of the molecule is CCNCCCc1nnc(-c2ccc(C)c(O)c2)o1. The standard InChI is InChI=1S/C14H19N3O2/c1-3-15-8-4-5-13-16-17-14(19-13)11-7-6-10(2)12(18)9-11/h6-7,9,15,18H,3-5,8H2,1-2H3. The van der Waals surface area contributed by atoms with Crippen molar-refractivity contribution in [2.45, 2.75) is 26.7 Å². The number of hydrogen-bond donors (Lipinski definition) is 2. The summed E-state index contributed by atoms with van der Waals surface area (Å²) in [6, 6.07) is 5.34. The van der Waals surface area contributed by atoms with Crippen molar-refractivity contribution in [2.24, 2.45) is 0 Å². The Morgan fingerprint density at radius 2 is 2.16 bits per heavy atom. The average molecular weight is 261 g/mol. The number of rotatable bonds is 6. The molecule has 0 saturated heterocycles. The van der Waals surface area contributed by atoms with Crippen LogP contribution in [-0.4, -0.2) is 28.4 Å². The third kappa shape index (κ3) is 3.54. The second-order valence-electron chi connectivity index (χ2n) is 4.46. The quantitative estimate of drug-likeness (QED) is 0.781. The number of aryl methyl sites for hydroxylation is 2. The highest BCUT2D eigenvalue weighted by atomic mass is 16.4. The Balaban J connectivity index is 2.01. The van der Waals surface area contributed by atoms with Crippen LogP contribution < -0.4 is 5.32 Å². The van der Waals surface area contributed by atoms with Crippen LogP contribution in [0, 0.1) is 6.92 Å². The lowest BCUT2D eigenvalue weighted by atomic mass is 10.1. The van der Waals surface area contributed by atoms with Gasteiger partial charge in [-0.1, -0.05) is 13.0 Å². The van der Waals surface area contributed by atoms with Crippen LogP contribution in [0.15, 0.2) is 22.6 Å². The average Bonchev–Trinajstić information content (AvgIpc) is 2.87. The van der Waals surface area contributed by atoms with Gasteiger partial charge in [-0.3, -0.25) is 0 Å². The molecule has 0 bridgehead atoms. The topological polar surface area (TPSA) is 71.2 Å². The first-order chi connectivity index (χ1) is 9.20. The zero-order valence-electron chi connectivity index (χ0n) is 11.3. The summed E-state index contributed by atoms with van der Waals surface area (Å²) in [5.74, 6) is 1.33. The summed E-state index contributed by atoms with van der Waals surface area (Å²) in [4.78, 5) is 0. The van der Waals surface area contributed by atoms with Crippen molar-refractivity contribution in [3.05, 3.63) is 29.7 Å². The smallest absolute Gasteiger partial charge is 0.247 e. The molecule has 0 aliphatic rings. The number of nitrogens with one attached hydrogen (secondary N) is 1. The van der Waals surface area contributed by atoms with Gasteiger partial charge >= 0.3 is 0 Å². The van der Waals surface area contributed by atoms with E-state index in [1.807, 2.05) is 19.1 Å². The van der Waals surface area contributed by atoms with Gasteiger partial charge in [-0.25, -0.2) is 0 Å². The van der Waals surface area contributed by atoms with Gasteiger partial charge in [0.15, 0.2) is 0 Å². The highest BCUT2D eigenvalue weighted by Gasteiger charge is 2.09. The second-order valence-corrected chi connectivity index (χ2v) is 4.46. The fourth-order valence-corrected chi connectivity index (χ4v) is 1.76. The molecule has 2 N–H and O–H groups in total. The molecule has 0 spiro atoms. The van der Waals surface area contributed by atoms with Crippen LogP contribution in [0.5, 0.6) is 5.75 Å². The van der Waals surface area contributed by atoms with Gasteiger partial charge in [0.25, 0.3) is 0 Å². The molecule has 19 heavy (non-hydrogen) atoms. The van der Waals surface area contributed by atoms with Gasteiger partial charge in [-0.15, -0.1) is 10.2 Å². The molecule has 0 aliphatic carbocycles. The second kappa shape index (κ2) is 6.33. The van der Waals surface area contributed by atoms with Gasteiger partial charge in [0, 0.05) is 12.0 Å². The zero-order valence-corrected chi connectivity index (χ0v) is 11.3. The number of aromatic hydroxyl groups is 1. The van der Waals surface area contributed by atoms with Crippen molar-refractivity contribution in [1.82, 2.24) is 15.5 Å². The molecule has 0 fully saturated rings. The Morgan fingerprint density at radius 3 is 2.89 bits per heavy atom. The monoisotopic (exact) mass is 261 g/mol. The Labute approximate surface area is 112 Å². The summed E-state index contributed by atoms with van der Waals surface area (Å²) in [5.41, 5.74) is 1.57. The lowest BCUT2D eigenvalue weighted by molar-refractivity contribution is 0.469. The first-order valence-electron chi connectivity index (χ1n) is 6.53. The van der Waals surface area contributed by atoms with E-state index in [4.69, 9.17) is 4.42 Å². The Bertz CT molecular complexity index is 537. The van der Waals surface area contributed by atoms with Crippen LogP contribution in [0.1, 0.15) is 24.8 Å². The number of phenols is 1. The number of nitrogens with zero attached hydrogens (tertiary/aromatic N) is 2. The Hall–Kier alpha value is -1.88. The molecule has 1 aromatic carbocycles. The van der Waals surface area contributed by atoms with E-state index in [0.717, 1.165) is 37.1 Å². The minimum atomic E-state index is 0.240. The zero-order chi connectivity index (χ0) is 13.7. The van der Waals surface area contributed by atoms with E-state index < -0.39 is 0 Å². The van der Waals surface area contributed by atoms with Gasteiger partial charge in [-0.2, -0.15) is 0 Å². The molecule has 0 amide bonds. The van der Waals surface area contributed by atoms with Gasteiger partial charge in [0.05, 0.1) is 0 Å². The van der Waals surface area contributed by atoms with Gasteiger partial charge < -0.3 is 14.8 Å². The van der Waals surface area contributed by atoms with Crippen molar-refractivity contribution in [3.8, 4) is 17.2 Å². The van der Waals surface area contributed by atoms with Crippen molar-refractivity contribution >= 4 is 0 Å². The van der Waals surface area contributed by atoms with E-state index in [1.54, 1.807) is 6.07 Å². The summed E-state index contributed by atoms with van der Waals surface area (Å²) in [6.45, 7) is 5.84. The molecule has 1 aromatic heterocycles. The van der Waals surface area contributed by atoms with E-state index in [2.05, 4.69) is 22.4 Å². The van der Waals surface area contributed by atoms with Gasteiger partial charge in [0.2, 0.25) is 11.8 Å². The summed E-state index contributed by atoms with van der Waals surface area (Å²) >= 11 is 0. The van der Waals surface area contributed by atoms with E-state index in [9.17, 15) is 5.11 Å². The largest absolute Gasteiger partial charge is 0.508 e. The van der Waals surface area contributed by atoms with Gasteiger partial charge in [-0.05, 0) is 44.1 Å². The number of benzene rings is 1. The third-order valence-corrected chi connectivity index (χ3v) is 2.92. The fraction of sp³-hybridized carbons (Fsp3) is 0.429. The number of aromatic nitrogens is 2. The minimum Gasteiger partial charge on any atom is -0.508 e. The van der Waals surface area contributed by atoms with Crippen LogP contribution in [0.4, 0.5) is 0 Å². The van der Waals surface area contributed by atoms with Crippen molar-refractivity contribution < 1.29 is 9.52 Å². The number of phenolic OH excluding ortho intramolecular Hbond substituents is 1. The number of hydrogen-bond acceptors (Lipinski definition) is 5. The molecule has 2 aromatic rings. The molecule has 0 unspecified atom stereocenters. The first-order valence-corrected chi connectivity index (χ1v) is 6.53. The normalized spacial score (nSPS) is 10.8. The van der Waals surface area contributed by atoms with Crippen molar-refractivity contribution in [2.75, 3.05) is 13.1 Å². The summed E-state index contributed by atoms with van der Waals surface area (Å²) in [5, 5.41) is 20.9. The van der Waals surface area contributed by atoms with Crippen molar-refractivity contribution in [3.63, 3.8) is 0 Å². The Kier molecular flexibility index (Phi) is 4.52. The molecule has 0 aliphatic heterocycles. The lowest BCUT2D eigenvalue weighted by Crippen LogP contribution is -2.14. The summed E-state index contributed by atoms with van der Waals surface area (Å²) in [7, 11) is 0. The van der Waals surface area contributed by atoms with Gasteiger partial charge in [0.1, 0.15) is 5.75 Å². The third-order valence-electron chi connectivity index (χ3n) is 2.92. The fourth-order valence-electron chi connectivity index (χ4n) is 1.76. The lowest BCUT2D eigenvalue weighted by Gasteiger charge is -2.00. The van der Waals surface area contributed by atoms with Crippen LogP contribution >= 0.6 is 0 Å². The highest BCUT2D eigenvalue weighted by Crippen LogP contribution is 2.25. The van der Waals surface area contributed by atoms with Crippen LogP contribution in [-0.2, 0) is 6.42 Å². The molecule has 1 heterocycles. The van der Waals surface area contributed by atoms with E-state index in [-0.39, 0.29) is 5.75 Å². The maximum Gasteiger partial charge on any atom is 0.247 e. The molecular formula is C14H19N3O2.